The molecule has 0 unspecified atom stereocenters. The van der Waals surface area contributed by atoms with Gasteiger partial charge in [0.05, 0.1) is 18.4 Å². The van der Waals surface area contributed by atoms with Gasteiger partial charge in [0.15, 0.2) is 0 Å². The molecule has 4 heterocycles. The van der Waals surface area contributed by atoms with Crippen LogP contribution in [0.25, 0.3) is 27.9 Å². The third kappa shape index (κ3) is 2.84. The quantitative estimate of drug-likeness (QED) is 0.468. The second-order valence-electron chi connectivity index (χ2n) is 7.90. The van der Waals surface area contributed by atoms with Crippen LogP contribution in [0, 0.1) is 19.8 Å². The van der Waals surface area contributed by atoms with Crippen molar-refractivity contribution in [2.75, 3.05) is 7.11 Å². The molecule has 1 aliphatic carbocycles. The number of aromatic carboxylic acids is 1. The van der Waals surface area contributed by atoms with Crippen molar-refractivity contribution in [3.8, 4) is 17.1 Å². The maximum Gasteiger partial charge on any atom is 0.337 e. The lowest BCUT2D eigenvalue weighted by Crippen LogP contribution is -2.06. The zero-order valence-corrected chi connectivity index (χ0v) is 17.7. The molecule has 0 amide bonds. The van der Waals surface area contributed by atoms with Gasteiger partial charge in [-0.2, -0.15) is 5.10 Å². The number of methoxy groups -OCH3 is 1. The van der Waals surface area contributed by atoms with Crippen LogP contribution in [0.4, 0.5) is 0 Å². The van der Waals surface area contributed by atoms with Crippen LogP contribution in [0.2, 0.25) is 5.15 Å². The molecule has 30 heavy (non-hydrogen) atoms. The largest absolute Gasteiger partial charge is 0.494 e. The summed E-state index contributed by atoms with van der Waals surface area (Å²) < 4.78 is 9.39. The number of rotatable bonds is 5. The van der Waals surface area contributed by atoms with Gasteiger partial charge in [-0.05, 0) is 50.8 Å². The molecular formula is C22H21ClN4O3. The van der Waals surface area contributed by atoms with Gasteiger partial charge < -0.3 is 14.4 Å². The molecule has 1 saturated carbocycles. The maximum atomic E-state index is 11.7. The minimum Gasteiger partial charge on any atom is -0.494 e. The molecule has 8 heteroatoms. The summed E-state index contributed by atoms with van der Waals surface area (Å²) in [5.74, 6) is 0.147. The third-order valence-corrected chi connectivity index (χ3v) is 6.09. The Bertz CT molecular complexity index is 1330. The molecule has 0 aromatic carbocycles. The van der Waals surface area contributed by atoms with Gasteiger partial charge in [0, 0.05) is 29.3 Å². The molecule has 1 fully saturated rings. The number of nitrogens with zero attached hydrogens (tertiary/aromatic N) is 4. The number of aryl methyl sites for hydroxylation is 1. The normalized spacial score (nSPS) is 14.0. The van der Waals surface area contributed by atoms with Crippen LogP contribution in [-0.4, -0.2) is 37.4 Å². The first-order chi connectivity index (χ1) is 14.4. The van der Waals surface area contributed by atoms with Crippen LogP contribution < -0.4 is 4.74 Å². The molecule has 0 spiro atoms. The summed E-state index contributed by atoms with van der Waals surface area (Å²) in [7, 11) is 1.55. The van der Waals surface area contributed by atoms with Gasteiger partial charge in [-0.3, -0.25) is 0 Å². The van der Waals surface area contributed by atoms with E-state index in [1.807, 2.05) is 13.0 Å². The molecule has 0 bridgehead atoms. The lowest BCUT2D eigenvalue weighted by atomic mass is 10.1. The van der Waals surface area contributed by atoms with E-state index in [9.17, 15) is 9.90 Å². The number of carboxylic acid groups (broad SMARTS) is 1. The Morgan fingerprint density at radius 1 is 1.30 bits per heavy atom. The van der Waals surface area contributed by atoms with Gasteiger partial charge in [0.2, 0.25) is 0 Å². The molecular weight excluding hydrogens is 404 g/mol. The summed E-state index contributed by atoms with van der Waals surface area (Å²) in [5, 5.41) is 15.8. The Balaban J connectivity index is 1.80. The van der Waals surface area contributed by atoms with Crippen molar-refractivity contribution in [1.29, 1.82) is 0 Å². The maximum absolute atomic E-state index is 11.7. The van der Waals surface area contributed by atoms with Crippen LogP contribution in [0.5, 0.6) is 5.75 Å². The zero-order chi connectivity index (χ0) is 21.2. The van der Waals surface area contributed by atoms with Crippen LogP contribution in [0.3, 0.4) is 0 Å². The monoisotopic (exact) mass is 424 g/mol. The first kappa shape index (κ1) is 18.9. The minimum atomic E-state index is -1.01. The Morgan fingerprint density at radius 2 is 2.07 bits per heavy atom. The molecule has 4 aromatic rings. The fourth-order valence-electron chi connectivity index (χ4n) is 4.16. The average Bonchev–Trinajstić information content (AvgIpc) is 3.39. The lowest BCUT2D eigenvalue weighted by molar-refractivity contribution is 0.0695. The highest BCUT2D eigenvalue weighted by atomic mass is 35.5. The first-order valence-electron chi connectivity index (χ1n) is 9.85. The summed E-state index contributed by atoms with van der Waals surface area (Å²) >= 11 is 6.18. The highest BCUT2D eigenvalue weighted by Gasteiger charge is 2.27. The van der Waals surface area contributed by atoms with Gasteiger partial charge in [0.1, 0.15) is 27.8 Å². The smallest absolute Gasteiger partial charge is 0.337 e. The predicted molar refractivity (Wildman–Crippen MR) is 115 cm³/mol. The molecule has 5 rings (SSSR count). The molecule has 4 aromatic heterocycles. The molecule has 0 radical (unpaired) electrons. The lowest BCUT2D eigenvalue weighted by Gasteiger charge is -2.10. The van der Waals surface area contributed by atoms with Crippen molar-refractivity contribution < 1.29 is 14.6 Å². The molecule has 0 saturated heterocycles. The SMILES string of the molecule is COc1c(C)c(C(=O)O)cn2nc(-c3cc4ccc(Cl)nc4n3CC3CC3)c(C)c12. The molecule has 1 aliphatic rings. The van der Waals surface area contributed by atoms with Crippen LogP contribution in [0.1, 0.15) is 34.3 Å². The zero-order valence-electron chi connectivity index (χ0n) is 16.9. The van der Waals surface area contributed by atoms with Crippen molar-refractivity contribution in [3.63, 3.8) is 0 Å². The van der Waals surface area contributed by atoms with Crippen LogP contribution in [-0.2, 0) is 6.54 Å². The topological polar surface area (TPSA) is 81.7 Å². The standard InChI is InChI=1S/C22H21ClN4O3/c1-11-15(22(28)29)10-27-19(20(11)30-3)12(2)18(25-27)16-8-14-6-7-17(23)24-21(14)26(16)9-13-4-5-13/h6-8,10,13H,4-5,9H2,1-3H3,(H,28,29). The van der Waals surface area contributed by atoms with E-state index in [1.54, 1.807) is 30.8 Å². The highest BCUT2D eigenvalue weighted by Crippen LogP contribution is 2.39. The second-order valence-corrected chi connectivity index (χ2v) is 8.29. The average molecular weight is 425 g/mol. The number of fused-ring (bicyclic) bond motifs is 2. The number of hydrogen-bond acceptors (Lipinski definition) is 4. The number of carboxylic acids is 1. The second kappa shape index (κ2) is 6.74. The number of pyridine rings is 2. The summed E-state index contributed by atoms with van der Waals surface area (Å²) in [4.78, 5) is 16.3. The Kier molecular flexibility index (Phi) is 4.25. The summed E-state index contributed by atoms with van der Waals surface area (Å²) in [6.07, 6.45) is 3.96. The van der Waals surface area contributed by atoms with Crippen molar-refractivity contribution in [2.45, 2.75) is 33.2 Å². The fraction of sp³-hybridized carbons (Fsp3) is 0.318. The molecule has 7 nitrogen and oxygen atoms in total. The number of aromatic nitrogens is 4. The minimum absolute atomic E-state index is 0.167. The van der Waals surface area contributed by atoms with E-state index < -0.39 is 5.97 Å². The molecule has 0 atom stereocenters. The van der Waals surface area contributed by atoms with Gasteiger partial charge in [0.25, 0.3) is 0 Å². The van der Waals surface area contributed by atoms with Crippen molar-refractivity contribution in [2.24, 2.45) is 5.92 Å². The highest BCUT2D eigenvalue weighted by molar-refractivity contribution is 6.29. The number of halogens is 1. The Hall–Kier alpha value is -3.06. The van der Waals surface area contributed by atoms with E-state index in [0.717, 1.165) is 40.0 Å². The summed E-state index contributed by atoms with van der Waals surface area (Å²) in [6, 6.07) is 5.83. The Morgan fingerprint density at radius 3 is 2.73 bits per heavy atom. The van der Waals surface area contributed by atoms with Gasteiger partial charge in [-0.25, -0.2) is 14.3 Å². The van der Waals surface area contributed by atoms with Gasteiger partial charge in [-0.1, -0.05) is 11.6 Å². The fourth-order valence-corrected chi connectivity index (χ4v) is 4.30. The van der Waals surface area contributed by atoms with Crippen LogP contribution >= 0.6 is 11.6 Å². The van der Waals surface area contributed by atoms with Crippen LogP contribution in [0.15, 0.2) is 24.4 Å². The van der Waals surface area contributed by atoms with E-state index >= 15 is 0 Å². The molecule has 154 valence electrons. The summed E-state index contributed by atoms with van der Waals surface area (Å²) in [5.41, 5.74) is 5.02. The number of hydrogen-bond donors (Lipinski definition) is 1. The van der Waals surface area contributed by atoms with E-state index in [-0.39, 0.29) is 5.56 Å². The van der Waals surface area contributed by atoms with Gasteiger partial charge >= 0.3 is 5.97 Å². The van der Waals surface area contributed by atoms with Crippen molar-refractivity contribution in [3.05, 3.63) is 46.2 Å². The third-order valence-electron chi connectivity index (χ3n) is 5.88. The van der Waals surface area contributed by atoms with E-state index in [0.29, 0.717) is 22.4 Å². The van der Waals surface area contributed by atoms with E-state index in [4.69, 9.17) is 21.4 Å². The van der Waals surface area contributed by atoms with Crippen molar-refractivity contribution >= 4 is 34.1 Å². The predicted octanol–water partition coefficient (Wildman–Crippen LogP) is 4.74. The Labute approximate surface area is 177 Å². The van der Waals surface area contributed by atoms with Crippen molar-refractivity contribution in [1.82, 2.24) is 19.2 Å². The molecule has 1 N–H and O–H groups in total. The van der Waals surface area contributed by atoms with Gasteiger partial charge in [-0.15, -0.1) is 0 Å². The number of ether oxygens (including phenoxy) is 1. The summed E-state index contributed by atoms with van der Waals surface area (Å²) in [6.45, 7) is 4.60. The number of carbonyl (C=O) groups is 1. The van der Waals surface area contributed by atoms with E-state index in [1.165, 1.54) is 12.8 Å². The van der Waals surface area contributed by atoms with E-state index in [2.05, 4.69) is 15.6 Å². The molecule has 0 aliphatic heterocycles. The first-order valence-corrected chi connectivity index (χ1v) is 10.2.